The average molecular weight is 306 g/mol. The fraction of sp³-hybridized carbons (Fsp3) is 0.588. The standard InChI is InChI=1S/C17H26N2O3/c1-3-21-12-15-5-4-9-19(15)17(20)14-7-6-13(2)16(11-14)22-10-8-18/h6-7,11,15H,3-5,8-10,12,18H2,1-2H3/t15-/m1/s1. The summed E-state index contributed by atoms with van der Waals surface area (Å²) in [4.78, 5) is 14.7. The molecule has 0 saturated carbocycles. The molecular formula is C17H26N2O3. The molecule has 1 saturated heterocycles. The molecule has 2 N–H and O–H groups in total. The molecule has 5 heteroatoms. The molecule has 0 aromatic heterocycles. The molecule has 1 aromatic rings. The van der Waals surface area contributed by atoms with Gasteiger partial charge in [-0.15, -0.1) is 0 Å². The van der Waals surface area contributed by atoms with Gasteiger partial charge in [0.05, 0.1) is 12.6 Å². The van der Waals surface area contributed by atoms with Gasteiger partial charge in [-0.25, -0.2) is 0 Å². The van der Waals surface area contributed by atoms with E-state index < -0.39 is 0 Å². The smallest absolute Gasteiger partial charge is 0.254 e. The molecule has 1 aliphatic heterocycles. The topological polar surface area (TPSA) is 64.8 Å². The Morgan fingerprint density at radius 2 is 2.27 bits per heavy atom. The summed E-state index contributed by atoms with van der Waals surface area (Å²) in [6, 6.07) is 5.79. The normalized spacial score (nSPS) is 17.8. The quantitative estimate of drug-likeness (QED) is 0.836. The Morgan fingerprint density at radius 3 is 3.00 bits per heavy atom. The van der Waals surface area contributed by atoms with E-state index >= 15 is 0 Å². The fourth-order valence-corrected chi connectivity index (χ4v) is 2.75. The van der Waals surface area contributed by atoms with Gasteiger partial charge in [-0.05, 0) is 44.4 Å². The molecule has 122 valence electrons. The maximum Gasteiger partial charge on any atom is 0.254 e. The van der Waals surface area contributed by atoms with E-state index in [1.807, 2.05) is 36.9 Å². The first-order chi connectivity index (χ1) is 10.7. The van der Waals surface area contributed by atoms with Gasteiger partial charge in [-0.1, -0.05) is 6.07 Å². The van der Waals surface area contributed by atoms with Crippen molar-refractivity contribution in [1.82, 2.24) is 4.90 Å². The summed E-state index contributed by atoms with van der Waals surface area (Å²) in [6.45, 7) is 6.94. The second-order valence-electron chi connectivity index (χ2n) is 5.57. The Morgan fingerprint density at radius 1 is 1.45 bits per heavy atom. The molecule has 0 aliphatic carbocycles. The first kappa shape index (κ1) is 16.8. The monoisotopic (exact) mass is 306 g/mol. The van der Waals surface area contributed by atoms with Crippen LogP contribution in [-0.4, -0.2) is 49.8 Å². The number of likely N-dealkylation sites (tertiary alicyclic amines) is 1. The van der Waals surface area contributed by atoms with E-state index in [-0.39, 0.29) is 11.9 Å². The fourth-order valence-electron chi connectivity index (χ4n) is 2.75. The zero-order valence-corrected chi connectivity index (χ0v) is 13.5. The lowest BCUT2D eigenvalue weighted by Gasteiger charge is -2.25. The molecule has 1 aromatic carbocycles. The average Bonchev–Trinajstić information content (AvgIpc) is 2.99. The lowest BCUT2D eigenvalue weighted by molar-refractivity contribution is 0.0564. The van der Waals surface area contributed by atoms with E-state index in [0.29, 0.717) is 31.9 Å². The molecule has 0 unspecified atom stereocenters. The van der Waals surface area contributed by atoms with Crippen molar-refractivity contribution in [3.05, 3.63) is 29.3 Å². The van der Waals surface area contributed by atoms with E-state index in [1.165, 1.54) is 0 Å². The number of ether oxygens (including phenoxy) is 2. The van der Waals surface area contributed by atoms with Crippen molar-refractivity contribution in [3.63, 3.8) is 0 Å². The number of benzene rings is 1. The van der Waals surface area contributed by atoms with E-state index in [9.17, 15) is 4.79 Å². The van der Waals surface area contributed by atoms with Gasteiger partial charge in [0.25, 0.3) is 5.91 Å². The van der Waals surface area contributed by atoms with Crippen LogP contribution in [-0.2, 0) is 4.74 Å². The predicted octanol–water partition coefficient (Wildman–Crippen LogP) is 1.97. The van der Waals surface area contributed by atoms with Gasteiger partial charge in [0.2, 0.25) is 0 Å². The van der Waals surface area contributed by atoms with Crippen molar-refractivity contribution >= 4 is 5.91 Å². The third-order valence-corrected chi connectivity index (χ3v) is 3.96. The van der Waals surface area contributed by atoms with Gasteiger partial charge >= 0.3 is 0 Å². The van der Waals surface area contributed by atoms with Gasteiger partial charge < -0.3 is 20.1 Å². The van der Waals surface area contributed by atoms with Crippen LogP contribution in [0.3, 0.4) is 0 Å². The lowest BCUT2D eigenvalue weighted by atomic mass is 10.1. The van der Waals surface area contributed by atoms with E-state index in [0.717, 1.165) is 30.7 Å². The van der Waals surface area contributed by atoms with Crippen molar-refractivity contribution in [1.29, 1.82) is 0 Å². The molecule has 0 radical (unpaired) electrons. The molecule has 1 atom stereocenters. The van der Waals surface area contributed by atoms with Crippen LogP contribution in [0.1, 0.15) is 35.7 Å². The van der Waals surface area contributed by atoms with Gasteiger partial charge in [0, 0.05) is 25.3 Å². The highest BCUT2D eigenvalue weighted by atomic mass is 16.5. The molecule has 1 aliphatic rings. The number of nitrogens with zero attached hydrogens (tertiary/aromatic N) is 1. The maximum atomic E-state index is 12.7. The molecule has 1 amide bonds. The van der Waals surface area contributed by atoms with Crippen LogP contribution < -0.4 is 10.5 Å². The van der Waals surface area contributed by atoms with Crippen LogP contribution in [0.25, 0.3) is 0 Å². The van der Waals surface area contributed by atoms with E-state index in [4.69, 9.17) is 15.2 Å². The van der Waals surface area contributed by atoms with Crippen molar-refractivity contribution in [2.45, 2.75) is 32.7 Å². The SMILES string of the molecule is CCOC[C@H]1CCCN1C(=O)c1ccc(C)c(OCCN)c1. The van der Waals surface area contributed by atoms with Crippen molar-refractivity contribution < 1.29 is 14.3 Å². The molecular weight excluding hydrogens is 280 g/mol. The predicted molar refractivity (Wildman–Crippen MR) is 86.3 cm³/mol. The number of rotatable bonds is 7. The molecule has 1 heterocycles. The van der Waals surface area contributed by atoms with Gasteiger partial charge in [-0.3, -0.25) is 4.79 Å². The van der Waals surface area contributed by atoms with E-state index in [2.05, 4.69) is 0 Å². The lowest BCUT2D eigenvalue weighted by Crippen LogP contribution is -2.38. The number of nitrogens with two attached hydrogens (primary N) is 1. The summed E-state index contributed by atoms with van der Waals surface area (Å²) in [5.74, 6) is 0.789. The molecule has 0 spiro atoms. The van der Waals surface area contributed by atoms with Gasteiger partial charge in [0.15, 0.2) is 0 Å². The number of amides is 1. The number of hydrogen-bond acceptors (Lipinski definition) is 4. The van der Waals surface area contributed by atoms with Crippen LogP contribution in [0, 0.1) is 6.92 Å². The maximum absolute atomic E-state index is 12.7. The van der Waals surface area contributed by atoms with Crippen LogP contribution in [0.5, 0.6) is 5.75 Å². The minimum Gasteiger partial charge on any atom is -0.492 e. The van der Waals surface area contributed by atoms with Crippen molar-refractivity contribution in [2.75, 3.05) is 32.9 Å². The highest BCUT2D eigenvalue weighted by Crippen LogP contribution is 2.24. The van der Waals surface area contributed by atoms with Crippen LogP contribution in [0.15, 0.2) is 18.2 Å². The number of carbonyl (C=O) groups excluding carboxylic acids is 1. The summed E-state index contributed by atoms with van der Waals surface area (Å²) < 4.78 is 11.1. The van der Waals surface area contributed by atoms with Crippen LogP contribution in [0.4, 0.5) is 0 Å². The summed E-state index contributed by atoms with van der Waals surface area (Å²) >= 11 is 0. The zero-order valence-electron chi connectivity index (χ0n) is 13.5. The van der Waals surface area contributed by atoms with Crippen molar-refractivity contribution in [3.8, 4) is 5.75 Å². The third kappa shape index (κ3) is 3.99. The molecule has 2 rings (SSSR count). The summed E-state index contributed by atoms with van der Waals surface area (Å²) in [6.07, 6.45) is 2.04. The number of hydrogen-bond donors (Lipinski definition) is 1. The zero-order chi connectivity index (χ0) is 15.9. The molecule has 5 nitrogen and oxygen atoms in total. The van der Waals surface area contributed by atoms with Crippen molar-refractivity contribution in [2.24, 2.45) is 5.73 Å². The minimum atomic E-state index is 0.0554. The first-order valence-electron chi connectivity index (χ1n) is 7.99. The Hall–Kier alpha value is -1.59. The Labute approximate surface area is 132 Å². The second-order valence-corrected chi connectivity index (χ2v) is 5.57. The summed E-state index contributed by atoms with van der Waals surface area (Å²) in [7, 11) is 0. The Bertz CT molecular complexity index is 505. The van der Waals surface area contributed by atoms with E-state index in [1.54, 1.807) is 0 Å². The molecule has 0 bridgehead atoms. The van der Waals surface area contributed by atoms with Crippen LogP contribution in [0.2, 0.25) is 0 Å². The first-order valence-corrected chi connectivity index (χ1v) is 7.99. The summed E-state index contributed by atoms with van der Waals surface area (Å²) in [5.41, 5.74) is 7.15. The Kier molecular flexibility index (Phi) is 6.21. The van der Waals surface area contributed by atoms with Gasteiger partial charge in [0.1, 0.15) is 12.4 Å². The highest BCUT2D eigenvalue weighted by molar-refractivity contribution is 5.95. The van der Waals surface area contributed by atoms with Gasteiger partial charge in [-0.2, -0.15) is 0 Å². The highest BCUT2D eigenvalue weighted by Gasteiger charge is 2.29. The van der Waals surface area contributed by atoms with Crippen LogP contribution >= 0.6 is 0 Å². The third-order valence-electron chi connectivity index (χ3n) is 3.96. The summed E-state index contributed by atoms with van der Waals surface area (Å²) in [5, 5.41) is 0. The number of carbonyl (C=O) groups is 1. The minimum absolute atomic E-state index is 0.0554. The number of aryl methyl sites for hydroxylation is 1. The molecule has 1 fully saturated rings. The largest absolute Gasteiger partial charge is 0.492 e. The Balaban J connectivity index is 2.11. The second kappa shape index (κ2) is 8.15. The molecule has 22 heavy (non-hydrogen) atoms.